The standard InChI is InChI=1S/C19H23N3O2/c1-13-3-5-16(6-4-13)24-17-7-8-18(21-12-17)19(23)22-14(2)15-9-10-20-11-15/h3-8,12,14-15,20H,9-11H2,1-2H3,(H,22,23). The summed E-state index contributed by atoms with van der Waals surface area (Å²) in [4.78, 5) is 16.5. The number of rotatable bonds is 5. The first kappa shape index (κ1) is 16.5. The molecule has 2 atom stereocenters. The molecule has 3 rings (SSSR count). The maximum absolute atomic E-state index is 12.3. The summed E-state index contributed by atoms with van der Waals surface area (Å²) in [6.07, 6.45) is 2.68. The van der Waals surface area contributed by atoms with Gasteiger partial charge >= 0.3 is 0 Å². The van der Waals surface area contributed by atoms with Crippen molar-refractivity contribution in [3.8, 4) is 11.5 Å². The van der Waals surface area contributed by atoms with Crippen LogP contribution in [0.1, 0.15) is 29.4 Å². The Balaban J connectivity index is 1.59. The molecule has 0 bridgehead atoms. The van der Waals surface area contributed by atoms with Gasteiger partial charge in [-0.05, 0) is 63.5 Å². The van der Waals surface area contributed by atoms with Gasteiger partial charge in [0.2, 0.25) is 0 Å². The fraction of sp³-hybridized carbons (Fsp3) is 0.368. The van der Waals surface area contributed by atoms with E-state index in [1.807, 2.05) is 38.1 Å². The van der Waals surface area contributed by atoms with Crippen molar-refractivity contribution in [2.75, 3.05) is 13.1 Å². The highest BCUT2D eigenvalue weighted by atomic mass is 16.5. The van der Waals surface area contributed by atoms with Gasteiger partial charge < -0.3 is 15.4 Å². The second-order valence-corrected chi connectivity index (χ2v) is 6.31. The number of aryl methyl sites for hydroxylation is 1. The predicted octanol–water partition coefficient (Wildman–Crippen LogP) is 2.91. The summed E-state index contributed by atoms with van der Waals surface area (Å²) in [5.41, 5.74) is 1.59. The van der Waals surface area contributed by atoms with E-state index in [1.54, 1.807) is 18.3 Å². The molecule has 2 aromatic rings. The molecular weight excluding hydrogens is 302 g/mol. The average Bonchev–Trinajstić information content (AvgIpc) is 3.12. The summed E-state index contributed by atoms with van der Waals surface area (Å²) in [7, 11) is 0. The Labute approximate surface area is 142 Å². The Kier molecular flexibility index (Phi) is 5.11. The zero-order chi connectivity index (χ0) is 16.9. The predicted molar refractivity (Wildman–Crippen MR) is 93.4 cm³/mol. The van der Waals surface area contributed by atoms with Crippen LogP contribution in [0.5, 0.6) is 11.5 Å². The fourth-order valence-corrected chi connectivity index (χ4v) is 2.82. The van der Waals surface area contributed by atoms with E-state index >= 15 is 0 Å². The quantitative estimate of drug-likeness (QED) is 0.887. The van der Waals surface area contributed by atoms with Crippen molar-refractivity contribution >= 4 is 5.91 Å². The number of aromatic nitrogens is 1. The minimum atomic E-state index is -0.142. The Bertz CT molecular complexity index is 677. The summed E-state index contributed by atoms with van der Waals surface area (Å²) in [6.45, 7) is 6.05. The van der Waals surface area contributed by atoms with Crippen LogP contribution in [0.15, 0.2) is 42.6 Å². The second-order valence-electron chi connectivity index (χ2n) is 6.31. The van der Waals surface area contributed by atoms with Gasteiger partial charge in [0.15, 0.2) is 0 Å². The molecule has 2 heterocycles. The van der Waals surface area contributed by atoms with Crippen LogP contribution in [0.3, 0.4) is 0 Å². The van der Waals surface area contributed by atoms with Gasteiger partial charge in [-0.15, -0.1) is 0 Å². The van der Waals surface area contributed by atoms with Crippen LogP contribution in [0.2, 0.25) is 0 Å². The smallest absolute Gasteiger partial charge is 0.270 e. The van der Waals surface area contributed by atoms with Crippen molar-refractivity contribution in [1.82, 2.24) is 15.6 Å². The average molecular weight is 325 g/mol. The number of pyridine rings is 1. The molecule has 5 nitrogen and oxygen atoms in total. The first-order valence-electron chi connectivity index (χ1n) is 8.34. The fourth-order valence-electron chi connectivity index (χ4n) is 2.82. The maximum Gasteiger partial charge on any atom is 0.270 e. The van der Waals surface area contributed by atoms with Gasteiger partial charge in [0.25, 0.3) is 5.91 Å². The van der Waals surface area contributed by atoms with E-state index in [2.05, 4.69) is 15.6 Å². The molecule has 0 spiro atoms. The van der Waals surface area contributed by atoms with E-state index in [0.717, 1.165) is 25.3 Å². The van der Waals surface area contributed by atoms with Gasteiger partial charge in [0, 0.05) is 6.04 Å². The van der Waals surface area contributed by atoms with Crippen LogP contribution in [0.4, 0.5) is 0 Å². The van der Waals surface area contributed by atoms with Gasteiger partial charge in [0.1, 0.15) is 17.2 Å². The zero-order valence-corrected chi connectivity index (χ0v) is 14.1. The summed E-state index contributed by atoms with van der Waals surface area (Å²) in [5, 5.41) is 6.35. The molecule has 1 aliphatic rings. The minimum Gasteiger partial charge on any atom is -0.456 e. The molecule has 1 aliphatic heterocycles. The SMILES string of the molecule is Cc1ccc(Oc2ccc(C(=O)NC(C)C3CCNC3)nc2)cc1. The second kappa shape index (κ2) is 7.45. The van der Waals surface area contributed by atoms with Gasteiger partial charge in [-0.1, -0.05) is 17.7 Å². The number of nitrogens with one attached hydrogen (secondary N) is 2. The summed E-state index contributed by atoms with van der Waals surface area (Å²) in [6, 6.07) is 11.4. The molecular formula is C19H23N3O2. The molecule has 2 unspecified atom stereocenters. The van der Waals surface area contributed by atoms with Crippen LogP contribution >= 0.6 is 0 Å². The molecule has 1 aromatic heterocycles. The summed E-state index contributed by atoms with van der Waals surface area (Å²) in [5.74, 6) is 1.71. The van der Waals surface area contributed by atoms with Gasteiger partial charge in [-0.2, -0.15) is 0 Å². The van der Waals surface area contributed by atoms with E-state index in [-0.39, 0.29) is 11.9 Å². The third-order valence-electron chi connectivity index (χ3n) is 4.39. The number of hydrogen-bond acceptors (Lipinski definition) is 4. The number of ether oxygens (including phenoxy) is 1. The van der Waals surface area contributed by atoms with Gasteiger partial charge in [-0.3, -0.25) is 4.79 Å². The van der Waals surface area contributed by atoms with Crippen molar-refractivity contribution in [1.29, 1.82) is 0 Å². The van der Waals surface area contributed by atoms with E-state index in [1.165, 1.54) is 5.56 Å². The van der Waals surface area contributed by atoms with Gasteiger partial charge in [-0.25, -0.2) is 4.98 Å². The molecule has 0 saturated carbocycles. The third kappa shape index (κ3) is 4.11. The summed E-state index contributed by atoms with van der Waals surface area (Å²) >= 11 is 0. The molecule has 0 radical (unpaired) electrons. The van der Waals surface area contributed by atoms with Crippen LogP contribution in [0.25, 0.3) is 0 Å². The molecule has 126 valence electrons. The molecule has 1 amide bonds. The largest absolute Gasteiger partial charge is 0.456 e. The minimum absolute atomic E-state index is 0.137. The van der Waals surface area contributed by atoms with Crippen molar-refractivity contribution < 1.29 is 9.53 Å². The highest BCUT2D eigenvalue weighted by Crippen LogP contribution is 2.21. The molecule has 1 saturated heterocycles. The topological polar surface area (TPSA) is 63.2 Å². The number of amides is 1. The van der Waals surface area contributed by atoms with E-state index in [4.69, 9.17) is 4.74 Å². The molecule has 2 N–H and O–H groups in total. The lowest BCUT2D eigenvalue weighted by Crippen LogP contribution is -2.39. The Hall–Kier alpha value is -2.40. The maximum atomic E-state index is 12.3. The lowest BCUT2D eigenvalue weighted by atomic mass is 10.0. The van der Waals surface area contributed by atoms with Crippen molar-refractivity contribution in [3.05, 3.63) is 53.9 Å². The van der Waals surface area contributed by atoms with Crippen LogP contribution in [-0.4, -0.2) is 30.0 Å². The normalized spacial score (nSPS) is 18.2. The Morgan fingerprint density at radius 1 is 1.25 bits per heavy atom. The van der Waals surface area contributed by atoms with Crippen LogP contribution in [0, 0.1) is 12.8 Å². The molecule has 5 heteroatoms. The molecule has 0 aliphatic carbocycles. The molecule has 24 heavy (non-hydrogen) atoms. The van der Waals surface area contributed by atoms with E-state index in [9.17, 15) is 4.79 Å². The Morgan fingerprint density at radius 3 is 2.62 bits per heavy atom. The molecule has 1 fully saturated rings. The highest BCUT2D eigenvalue weighted by Gasteiger charge is 2.23. The highest BCUT2D eigenvalue weighted by molar-refractivity contribution is 5.92. The van der Waals surface area contributed by atoms with Gasteiger partial charge in [0.05, 0.1) is 6.20 Å². The monoisotopic (exact) mass is 325 g/mol. The van der Waals surface area contributed by atoms with Crippen LogP contribution < -0.4 is 15.4 Å². The lowest BCUT2D eigenvalue weighted by Gasteiger charge is -2.19. The van der Waals surface area contributed by atoms with E-state index in [0.29, 0.717) is 17.4 Å². The zero-order valence-electron chi connectivity index (χ0n) is 14.1. The van der Waals surface area contributed by atoms with Crippen LogP contribution in [-0.2, 0) is 0 Å². The number of carbonyl (C=O) groups excluding carboxylic acids is 1. The lowest BCUT2D eigenvalue weighted by molar-refractivity contribution is 0.0923. The number of nitrogens with zero attached hydrogens (tertiary/aromatic N) is 1. The first-order valence-corrected chi connectivity index (χ1v) is 8.34. The summed E-state index contributed by atoms with van der Waals surface area (Å²) < 4.78 is 5.73. The molecule has 1 aromatic carbocycles. The first-order chi connectivity index (χ1) is 11.6. The third-order valence-corrected chi connectivity index (χ3v) is 4.39. The number of carbonyl (C=O) groups is 1. The number of hydrogen-bond donors (Lipinski definition) is 2. The van der Waals surface area contributed by atoms with Crippen molar-refractivity contribution in [3.63, 3.8) is 0 Å². The van der Waals surface area contributed by atoms with Crippen molar-refractivity contribution in [2.24, 2.45) is 5.92 Å². The van der Waals surface area contributed by atoms with Crippen molar-refractivity contribution in [2.45, 2.75) is 26.3 Å². The number of benzene rings is 1. The Morgan fingerprint density at radius 2 is 2.00 bits per heavy atom. The van der Waals surface area contributed by atoms with E-state index < -0.39 is 0 Å².